The van der Waals surface area contributed by atoms with Crippen LogP contribution in [0, 0.1) is 24.7 Å². The number of carbonyl (C=O) groups excluding carboxylic acids is 1. The maximum Gasteiger partial charge on any atom is 0.228 e. The first kappa shape index (κ1) is 17.0. The highest BCUT2D eigenvalue weighted by molar-refractivity contribution is 5.97. The molecule has 1 fully saturated rings. The Labute approximate surface area is 156 Å². The molecule has 3 aromatic heterocycles. The average Bonchev–Trinajstić information content (AvgIpc) is 3.45. The largest absolute Gasteiger partial charge is 0.371 e. The minimum Gasteiger partial charge on any atom is -0.371 e. The molecule has 3 aromatic rings. The summed E-state index contributed by atoms with van der Waals surface area (Å²) in [6.45, 7) is 1.92. The lowest BCUT2D eigenvalue weighted by molar-refractivity contribution is -0.117. The van der Waals surface area contributed by atoms with E-state index in [0.29, 0.717) is 22.7 Å². The van der Waals surface area contributed by atoms with E-state index < -0.39 is 0 Å². The van der Waals surface area contributed by atoms with Crippen molar-refractivity contribution in [3.63, 3.8) is 0 Å². The maximum atomic E-state index is 12.0. The van der Waals surface area contributed by atoms with Gasteiger partial charge >= 0.3 is 0 Å². The topological polar surface area (TPSA) is 97.6 Å². The van der Waals surface area contributed by atoms with Gasteiger partial charge < -0.3 is 10.6 Å². The quantitative estimate of drug-likeness (QED) is 0.691. The lowest BCUT2D eigenvalue weighted by atomic mass is 10.1. The highest BCUT2D eigenvalue weighted by atomic mass is 16.2. The molecule has 0 atom stereocenters. The Morgan fingerprint density at radius 1 is 1.26 bits per heavy atom. The molecule has 2 N–H and O–H groups in total. The molecule has 0 aromatic carbocycles. The van der Waals surface area contributed by atoms with Crippen LogP contribution >= 0.6 is 0 Å². The predicted molar refractivity (Wildman–Crippen MR) is 102 cm³/mol. The van der Waals surface area contributed by atoms with Crippen LogP contribution in [0.25, 0.3) is 10.9 Å². The number of anilines is 2. The number of hydrogen-bond donors (Lipinski definition) is 2. The first-order valence-corrected chi connectivity index (χ1v) is 8.72. The summed E-state index contributed by atoms with van der Waals surface area (Å²) in [5.74, 6) is 7.41. The van der Waals surface area contributed by atoms with Crippen LogP contribution in [-0.4, -0.2) is 37.9 Å². The van der Waals surface area contributed by atoms with E-state index in [1.165, 1.54) is 0 Å². The minimum atomic E-state index is -0.00911. The van der Waals surface area contributed by atoms with Crippen molar-refractivity contribution in [2.24, 2.45) is 13.0 Å². The molecule has 0 aliphatic heterocycles. The van der Waals surface area contributed by atoms with Crippen LogP contribution in [0.1, 0.15) is 29.7 Å². The van der Waals surface area contributed by atoms with Crippen molar-refractivity contribution in [2.75, 3.05) is 17.7 Å². The molecule has 136 valence electrons. The van der Waals surface area contributed by atoms with Gasteiger partial charge in [0.15, 0.2) is 11.6 Å². The second-order valence-corrected chi connectivity index (χ2v) is 6.58. The van der Waals surface area contributed by atoms with E-state index in [4.69, 9.17) is 0 Å². The molecule has 4 rings (SSSR count). The number of carbonyl (C=O) groups is 1. The second kappa shape index (κ2) is 6.68. The third kappa shape index (κ3) is 3.44. The van der Waals surface area contributed by atoms with Crippen molar-refractivity contribution in [2.45, 2.75) is 19.8 Å². The van der Waals surface area contributed by atoms with Crippen LogP contribution in [0.15, 0.2) is 18.5 Å². The summed E-state index contributed by atoms with van der Waals surface area (Å²) >= 11 is 0. The van der Waals surface area contributed by atoms with E-state index in [0.717, 1.165) is 29.5 Å². The Morgan fingerprint density at radius 2 is 2.04 bits per heavy atom. The highest BCUT2D eigenvalue weighted by Gasteiger charge is 2.30. The van der Waals surface area contributed by atoms with E-state index in [1.807, 2.05) is 20.2 Å². The summed E-state index contributed by atoms with van der Waals surface area (Å²) in [5, 5.41) is 19.3. The maximum absolute atomic E-state index is 12.0. The fraction of sp³-hybridized carbons (Fsp3) is 0.316. The van der Waals surface area contributed by atoms with E-state index in [9.17, 15) is 4.79 Å². The first-order valence-electron chi connectivity index (χ1n) is 8.72. The van der Waals surface area contributed by atoms with Crippen molar-refractivity contribution in [1.82, 2.24) is 25.0 Å². The summed E-state index contributed by atoms with van der Waals surface area (Å²) in [7, 11) is 3.64. The lowest BCUT2D eigenvalue weighted by Crippen LogP contribution is -2.15. The van der Waals surface area contributed by atoms with Crippen LogP contribution in [0.2, 0.25) is 0 Å². The molecule has 1 saturated carbocycles. The number of nitrogens with one attached hydrogen (secondary N) is 2. The molecular formula is C19H19N7O. The van der Waals surface area contributed by atoms with E-state index in [1.54, 1.807) is 24.0 Å². The van der Waals surface area contributed by atoms with Crippen molar-refractivity contribution in [3.8, 4) is 11.8 Å². The van der Waals surface area contributed by atoms with Gasteiger partial charge in [-0.1, -0.05) is 11.8 Å². The molecule has 0 saturated heterocycles. The van der Waals surface area contributed by atoms with Gasteiger partial charge in [0.05, 0.1) is 16.8 Å². The number of amides is 1. The summed E-state index contributed by atoms with van der Waals surface area (Å²) < 4.78 is 1.73. The Morgan fingerprint density at radius 3 is 2.70 bits per heavy atom. The Kier molecular flexibility index (Phi) is 4.20. The third-order valence-corrected chi connectivity index (χ3v) is 4.41. The Balaban J connectivity index is 1.77. The molecule has 0 radical (unpaired) electrons. The molecule has 0 spiro atoms. The molecule has 3 heterocycles. The molecule has 1 aliphatic carbocycles. The van der Waals surface area contributed by atoms with Gasteiger partial charge in [-0.05, 0) is 25.8 Å². The summed E-state index contributed by atoms with van der Waals surface area (Å²) in [4.78, 5) is 16.4. The SMILES string of the molecule is CNc1ncc(C#Cc2cn(C)nc2C)c2cc(NC(=O)C3CC3)nnc12. The zero-order valence-corrected chi connectivity index (χ0v) is 15.4. The number of hydrogen-bond acceptors (Lipinski definition) is 6. The van der Waals surface area contributed by atoms with Crippen LogP contribution in [-0.2, 0) is 11.8 Å². The van der Waals surface area contributed by atoms with Crippen LogP contribution in [0.4, 0.5) is 11.6 Å². The highest BCUT2D eigenvalue weighted by Crippen LogP contribution is 2.30. The zero-order chi connectivity index (χ0) is 19.0. The smallest absolute Gasteiger partial charge is 0.228 e. The predicted octanol–water partition coefficient (Wildman–Crippen LogP) is 1.86. The number of rotatable bonds is 3. The van der Waals surface area contributed by atoms with Gasteiger partial charge in [-0.25, -0.2) is 4.98 Å². The Hall–Kier alpha value is -3.47. The summed E-state index contributed by atoms with van der Waals surface area (Å²) in [6, 6.07) is 1.80. The number of fused-ring (bicyclic) bond motifs is 1. The minimum absolute atomic E-state index is 0.00911. The van der Waals surface area contributed by atoms with Gasteiger partial charge in [0.1, 0.15) is 5.52 Å². The second-order valence-electron chi connectivity index (χ2n) is 6.58. The van der Waals surface area contributed by atoms with Gasteiger partial charge in [-0.3, -0.25) is 9.48 Å². The van der Waals surface area contributed by atoms with Crippen LogP contribution in [0.3, 0.4) is 0 Å². The molecule has 8 nitrogen and oxygen atoms in total. The van der Waals surface area contributed by atoms with Gasteiger partial charge in [0.2, 0.25) is 5.91 Å². The fourth-order valence-electron chi connectivity index (χ4n) is 2.81. The normalized spacial score (nSPS) is 13.1. The number of nitrogens with zero attached hydrogens (tertiary/aromatic N) is 5. The zero-order valence-electron chi connectivity index (χ0n) is 15.4. The summed E-state index contributed by atoms with van der Waals surface area (Å²) in [6.07, 6.45) is 5.44. The average molecular weight is 361 g/mol. The Bertz CT molecular complexity index is 1100. The van der Waals surface area contributed by atoms with Gasteiger partial charge in [0, 0.05) is 37.8 Å². The van der Waals surface area contributed by atoms with Gasteiger partial charge in [0.25, 0.3) is 0 Å². The van der Waals surface area contributed by atoms with Crippen molar-refractivity contribution < 1.29 is 4.79 Å². The molecular weight excluding hydrogens is 342 g/mol. The molecule has 1 aliphatic rings. The van der Waals surface area contributed by atoms with Crippen molar-refractivity contribution in [1.29, 1.82) is 0 Å². The van der Waals surface area contributed by atoms with Crippen LogP contribution < -0.4 is 10.6 Å². The third-order valence-electron chi connectivity index (χ3n) is 4.41. The molecule has 1 amide bonds. The monoisotopic (exact) mass is 361 g/mol. The number of aromatic nitrogens is 5. The number of pyridine rings is 1. The summed E-state index contributed by atoms with van der Waals surface area (Å²) in [5.41, 5.74) is 3.04. The van der Waals surface area contributed by atoms with Gasteiger partial charge in [-0.2, -0.15) is 5.10 Å². The molecule has 0 unspecified atom stereocenters. The molecule has 27 heavy (non-hydrogen) atoms. The fourth-order valence-corrected chi connectivity index (χ4v) is 2.81. The first-order chi connectivity index (χ1) is 13.0. The van der Waals surface area contributed by atoms with Crippen molar-refractivity contribution >= 4 is 28.4 Å². The molecule has 0 bridgehead atoms. The van der Waals surface area contributed by atoms with Crippen LogP contribution in [0.5, 0.6) is 0 Å². The van der Waals surface area contributed by atoms with E-state index in [-0.39, 0.29) is 11.8 Å². The standard InChI is InChI=1S/C19H19N7O/c1-11-14(10-26(3)25-11)7-6-13-9-21-18(20-2)17-15(13)8-16(23-24-17)22-19(27)12-4-5-12/h8-10,12H,4-5H2,1-3H3,(H,20,21)(H,22,23,27). The van der Waals surface area contributed by atoms with E-state index >= 15 is 0 Å². The lowest BCUT2D eigenvalue weighted by Gasteiger charge is -2.08. The van der Waals surface area contributed by atoms with E-state index in [2.05, 4.69) is 42.8 Å². The molecule has 8 heteroatoms. The van der Waals surface area contributed by atoms with Gasteiger partial charge in [-0.15, -0.1) is 10.2 Å². The number of aryl methyl sites for hydroxylation is 2. The van der Waals surface area contributed by atoms with Crippen molar-refractivity contribution in [3.05, 3.63) is 35.3 Å².